The molecule has 5 nitrogen and oxygen atoms in total. The van der Waals surface area contributed by atoms with Crippen LogP contribution in [-0.4, -0.2) is 14.6 Å². The molecule has 0 saturated carbocycles. The van der Waals surface area contributed by atoms with Crippen molar-refractivity contribution in [1.82, 2.24) is 14.6 Å². The van der Waals surface area contributed by atoms with E-state index in [1.54, 1.807) is 22.7 Å². The molecule has 4 N–H and O–H groups in total. The van der Waals surface area contributed by atoms with Gasteiger partial charge < -0.3 is 11.5 Å². The van der Waals surface area contributed by atoms with Crippen molar-refractivity contribution in [3.63, 3.8) is 0 Å². The van der Waals surface area contributed by atoms with Gasteiger partial charge in [-0.1, -0.05) is 23.7 Å². The first-order valence-electron chi connectivity index (χ1n) is 5.42. The van der Waals surface area contributed by atoms with E-state index in [4.69, 9.17) is 23.1 Å². The number of halogens is 2. The van der Waals surface area contributed by atoms with Crippen LogP contribution >= 0.6 is 27.5 Å². The van der Waals surface area contributed by atoms with E-state index in [0.29, 0.717) is 22.3 Å². The quantitative estimate of drug-likeness (QED) is 0.714. The Bertz CT molecular complexity index is 766. The van der Waals surface area contributed by atoms with Crippen LogP contribution in [0.5, 0.6) is 0 Å². The Hall–Kier alpha value is -1.79. The number of aromatic nitrogens is 3. The van der Waals surface area contributed by atoms with Gasteiger partial charge in [0.15, 0.2) is 5.65 Å². The molecular formula is C12H9BrClN5. The van der Waals surface area contributed by atoms with E-state index < -0.39 is 0 Å². The monoisotopic (exact) mass is 337 g/mol. The zero-order chi connectivity index (χ0) is 13.6. The van der Waals surface area contributed by atoms with E-state index in [1.807, 2.05) is 12.1 Å². The summed E-state index contributed by atoms with van der Waals surface area (Å²) in [6.07, 6.45) is 0. The molecule has 0 aliphatic carbocycles. The minimum absolute atomic E-state index is 0.355. The Kier molecular flexibility index (Phi) is 2.83. The second-order valence-corrected chi connectivity index (χ2v) is 5.24. The molecule has 0 unspecified atom stereocenters. The number of hydrogen-bond donors (Lipinski definition) is 2. The van der Waals surface area contributed by atoms with E-state index in [1.165, 1.54) is 0 Å². The summed E-state index contributed by atoms with van der Waals surface area (Å²) in [5.74, 6) is 0.789. The Morgan fingerprint density at radius 2 is 1.84 bits per heavy atom. The molecule has 0 radical (unpaired) electrons. The SMILES string of the molecule is Nc1cc(N)n2nc(-c3ccc(Cl)cc3)c(Br)c2n1. The Morgan fingerprint density at radius 1 is 1.16 bits per heavy atom. The van der Waals surface area contributed by atoms with Crippen LogP contribution in [0.2, 0.25) is 5.02 Å². The third-order valence-corrected chi connectivity index (χ3v) is 3.68. The van der Waals surface area contributed by atoms with Crippen molar-refractivity contribution >= 4 is 44.8 Å². The van der Waals surface area contributed by atoms with Gasteiger partial charge in [-0.2, -0.15) is 9.61 Å². The summed E-state index contributed by atoms with van der Waals surface area (Å²) in [7, 11) is 0. The highest BCUT2D eigenvalue weighted by atomic mass is 79.9. The zero-order valence-electron chi connectivity index (χ0n) is 9.64. The average molecular weight is 339 g/mol. The molecule has 19 heavy (non-hydrogen) atoms. The lowest BCUT2D eigenvalue weighted by Gasteiger charge is -1.99. The molecule has 3 rings (SSSR count). The van der Waals surface area contributed by atoms with Crippen LogP contribution < -0.4 is 11.5 Å². The van der Waals surface area contributed by atoms with Gasteiger partial charge in [0.1, 0.15) is 17.3 Å². The molecule has 2 heterocycles. The topological polar surface area (TPSA) is 82.2 Å². The Balaban J connectivity index is 2.28. The lowest BCUT2D eigenvalue weighted by atomic mass is 10.1. The van der Waals surface area contributed by atoms with Gasteiger partial charge in [0.25, 0.3) is 0 Å². The van der Waals surface area contributed by atoms with Gasteiger partial charge in [0.2, 0.25) is 0 Å². The maximum atomic E-state index is 5.88. The highest BCUT2D eigenvalue weighted by Gasteiger charge is 2.15. The molecular weight excluding hydrogens is 330 g/mol. The molecule has 0 saturated heterocycles. The van der Waals surface area contributed by atoms with Crippen LogP contribution in [0.15, 0.2) is 34.8 Å². The summed E-state index contributed by atoms with van der Waals surface area (Å²) in [6.45, 7) is 0. The summed E-state index contributed by atoms with van der Waals surface area (Å²) < 4.78 is 2.29. The second-order valence-electron chi connectivity index (χ2n) is 4.01. The predicted molar refractivity (Wildman–Crippen MR) is 80.0 cm³/mol. The van der Waals surface area contributed by atoms with E-state index in [2.05, 4.69) is 26.0 Å². The van der Waals surface area contributed by atoms with Crippen molar-refractivity contribution < 1.29 is 0 Å². The smallest absolute Gasteiger partial charge is 0.174 e. The average Bonchev–Trinajstić information content (AvgIpc) is 2.69. The molecule has 0 aliphatic rings. The number of anilines is 2. The first-order valence-corrected chi connectivity index (χ1v) is 6.59. The lowest BCUT2D eigenvalue weighted by Crippen LogP contribution is -2.02. The number of rotatable bonds is 1. The molecule has 96 valence electrons. The molecule has 0 amide bonds. The fraction of sp³-hybridized carbons (Fsp3) is 0. The van der Waals surface area contributed by atoms with Gasteiger partial charge >= 0.3 is 0 Å². The summed E-state index contributed by atoms with van der Waals surface area (Å²) in [4.78, 5) is 4.23. The minimum Gasteiger partial charge on any atom is -0.384 e. The van der Waals surface area contributed by atoms with Crippen LogP contribution in [0.3, 0.4) is 0 Å². The van der Waals surface area contributed by atoms with Gasteiger partial charge in [0, 0.05) is 16.7 Å². The first kappa shape index (κ1) is 12.3. The molecule has 0 bridgehead atoms. The van der Waals surface area contributed by atoms with E-state index >= 15 is 0 Å². The summed E-state index contributed by atoms with van der Waals surface area (Å²) in [5, 5.41) is 5.11. The predicted octanol–water partition coefficient (Wildman–Crippen LogP) is 2.98. The van der Waals surface area contributed by atoms with Crippen LogP contribution in [-0.2, 0) is 0 Å². The van der Waals surface area contributed by atoms with E-state index in [0.717, 1.165) is 15.7 Å². The van der Waals surface area contributed by atoms with E-state index in [-0.39, 0.29) is 0 Å². The summed E-state index contributed by atoms with van der Waals surface area (Å²) in [5.41, 5.74) is 13.8. The van der Waals surface area contributed by atoms with Crippen LogP contribution in [0.25, 0.3) is 16.9 Å². The fourth-order valence-corrected chi connectivity index (χ4v) is 2.52. The number of fused-ring (bicyclic) bond motifs is 1. The van der Waals surface area contributed by atoms with Crippen molar-refractivity contribution in [2.75, 3.05) is 11.5 Å². The summed E-state index contributed by atoms with van der Waals surface area (Å²) >= 11 is 9.36. The third kappa shape index (κ3) is 2.02. The molecule has 2 aromatic heterocycles. The van der Waals surface area contributed by atoms with Crippen molar-refractivity contribution in [3.05, 3.63) is 39.8 Å². The highest BCUT2D eigenvalue weighted by molar-refractivity contribution is 9.10. The molecule has 1 aromatic carbocycles. The molecule has 3 aromatic rings. The lowest BCUT2D eigenvalue weighted by molar-refractivity contribution is 0.958. The number of nitrogens with zero attached hydrogens (tertiary/aromatic N) is 3. The van der Waals surface area contributed by atoms with Gasteiger partial charge in [-0.15, -0.1) is 0 Å². The molecule has 0 aliphatic heterocycles. The second kappa shape index (κ2) is 4.40. The third-order valence-electron chi connectivity index (χ3n) is 2.70. The molecule has 0 spiro atoms. The summed E-state index contributed by atoms with van der Waals surface area (Å²) in [6, 6.07) is 8.94. The maximum Gasteiger partial charge on any atom is 0.174 e. The standard InChI is InChI=1S/C12H9BrClN5/c13-10-11(6-1-3-7(14)4-2-6)18-19-9(16)5-8(15)17-12(10)19/h1-5H,16H2,(H2,15,17). The van der Waals surface area contributed by atoms with Crippen molar-refractivity contribution in [2.45, 2.75) is 0 Å². The number of benzene rings is 1. The van der Waals surface area contributed by atoms with Gasteiger partial charge in [-0.05, 0) is 28.1 Å². The number of nitrogen functional groups attached to an aromatic ring is 2. The molecule has 7 heteroatoms. The van der Waals surface area contributed by atoms with Gasteiger partial charge in [-0.25, -0.2) is 4.98 Å². The molecule has 0 atom stereocenters. The fourth-order valence-electron chi connectivity index (χ4n) is 1.83. The molecule has 0 fully saturated rings. The van der Waals surface area contributed by atoms with Gasteiger partial charge in [0.05, 0.1) is 4.47 Å². The van der Waals surface area contributed by atoms with Crippen molar-refractivity contribution in [3.8, 4) is 11.3 Å². The maximum absolute atomic E-state index is 5.88. The van der Waals surface area contributed by atoms with Crippen LogP contribution in [0.4, 0.5) is 11.6 Å². The van der Waals surface area contributed by atoms with Crippen LogP contribution in [0.1, 0.15) is 0 Å². The normalized spacial score (nSPS) is 11.1. The minimum atomic E-state index is 0.355. The van der Waals surface area contributed by atoms with Crippen molar-refractivity contribution in [2.24, 2.45) is 0 Å². The highest BCUT2D eigenvalue weighted by Crippen LogP contribution is 2.32. The van der Waals surface area contributed by atoms with Gasteiger partial charge in [-0.3, -0.25) is 0 Å². The first-order chi connectivity index (χ1) is 9.06. The number of hydrogen-bond acceptors (Lipinski definition) is 4. The largest absolute Gasteiger partial charge is 0.384 e. The Labute approximate surface area is 122 Å². The van der Waals surface area contributed by atoms with E-state index in [9.17, 15) is 0 Å². The number of nitrogens with two attached hydrogens (primary N) is 2. The van der Waals surface area contributed by atoms with Crippen molar-refractivity contribution in [1.29, 1.82) is 0 Å². The Morgan fingerprint density at radius 3 is 2.53 bits per heavy atom. The zero-order valence-corrected chi connectivity index (χ0v) is 12.0. The van der Waals surface area contributed by atoms with Crippen LogP contribution in [0, 0.1) is 0 Å².